The lowest BCUT2D eigenvalue weighted by molar-refractivity contribution is -0.138. The molecule has 0 radical (unpaired) electrons. The van der Waals surface area contributed by atoms with E-state index in [0.717, 1.165) is 11.3 Å². The van der Waals surface area contributed by atoms with Crippen LogP contribution in [0.25, 0.3) is 0 Å². The van der Waals surface area contributed by atoms with E-state index in [0.29, 0.717) is 12.1 Å². The number of aryl methyl sites for hydroxylation is 1. The van der Waals surface area contributed by atoms with Crippen LogP contribution in [0.2, 0.25) is 0 Å². The first-order chi connectivity index (χ1) is 12.0. The van der Waals surface area contributed by atoms with Crippen LogP contribution in [0.15, 0.2) is 48.5 Å². The largest absolute Gasteiger partial charge is 0.329 e. The Balaban J connectivity index is 1.71. The fourth-order valence-corrected chi connectivity index (χ4v) is 3.07. The van der Waals surface area contributed by atoms with E-state index in [4.69, 9.17) is 0 Å². The number of piperazine rings is 1. The van der Waals surface area contributed by atoms with Crippen LogP contribution in [0.4, 0.5) is 10.1 Å². The molecule has 2 aromatic carbocycles. The highest BCUT2D eigenvalue weighted by Crippen LogP contribution is 2.21. The number of carbonyl (C=O) groups is 2. The highest BCUT2D eigenvalue weighted by Gasteiger charge is 2.33. The average molecular weight is 340 g/mol. The van der Waals surface area contributed by atoms with Gasteiger partial charge in [0.15, 0.2) is 0 Å². The number of nitrogens with zero attached hydrogens (tertiary/aromatic N) is 2. The molecule has 2 amide bonds. The minimum Gasteiger partial charge on any atom is -0.329 e. The van der Waals surface area contributed by atoms with Crippen LogP contribution in [0.3, 0.4) is 0 Å². The average Bonchev–Trinajstić information content (AvgIpc) is 2.59. The van der Waals surface area contributed by atoms with Gasteiger partial charge < -0.3 is 9.80 Å². The van der Waals surface area contributed by atoms with Crippen molar-refractivity contribution in [2.45, 2.75) is 26.3 Å². The zero-order chi connectivity index (χ0) is 18.0. The normalized spacial score (nSPS) is 17.7. The third kappa shape index (κ3) is 3.71. The molecule has 0 aromatic heterocycles. The van der Waals surface area contributed by atoms with Gasteiger partial charge in [0.2, 0.25) is 11.8 Å². The zero-order valence-corrected chi connectivity index (χ0v) is 14.4. The van der Waals surface area contributed by atoms with Gasteiger partial charge in [-0.1, -0.05) is 35.9 Å². The van der Waals surface area contributed by atoms with Crippen molar-refractivity contribution in [2.24, 2.45) is 0 Å². The summed E-state index contributed by atoms with van der Waals surface area (Å²) in [7, 11) is 0. The van der Waals surface area contributed by atoms with Crippen LogP contribution in [0.1, 0.15) is 18.1 Å². The lowest BCUT2D eigenvalue weighted by Crippen LogP contribution is -2.57. The molecule has 5 heteroatoms. The maximum absolute atomic E-state index is 13.8. The van der Waals surface area contributed by atoms with E-state index in [-0.39, 0.29) is 30.8 Å². The summed E-state index contributed by atoms with van der Waals surface area (Å²) in [5.41, 5.74) is 2.32. The van der Waals surface area contributed by atoms with Gasteiger partial charge in [0.05, 0.1) is 6.42 Å². The molecule has 0 bridgehead atoms. The summed E-state index contributed by atoms with van der Waals surface area (Å²) < 4.78 is 13.8. The van der Waals surface area contributed by atoms with E-state index in [1.165, 1.54) is 6.07 Å². The van der Waals surface area contributed by atoms with E-state index in [1.54, 1.807) is 28.0 Å². The number of anilines is 1. The summed E-state index contributed by atoms with van der Waals surface area (Å²) in [6, 6.07) is 13.9. The van der Waals surface area contributed by atoms with Gasteiger partial charge in [-0.05, 0) is 37.6 Å². The van der Waals surface area contributed by atoms with Gasteiger partial charge in [0, 0.05) is 18.3 Å². The predicted octanol–water partition coefficient (Wildman–Crippen LogP) is 2.94. The van der Waals surface area contributed by atoms with Crippen molar-refractivity contribution in [1.29, 1.82) is 0 Å². The Hall–Kier alpha value is -2.69. The molecular weight excluding hydrogens is 319 g/mol. The predicted molar refractivity (Wildman–Crippen MR) is 94.8 cm³/mol. The monoisotopic (exact) mass is 340 g/mol. The first-order valence-corrected chi connectivity index (χ1v) is 8.35. The molecule has 25 heavy (non-hydrogen) atoms. The quantitative estimate of drug-likeness (QED) is 0.862. The van der Waals surface area contributed by atoms with Crippen LogP contribution < -0.4 is 4.90 Å². The summed E-state index contributed by atoms with van der Waals surface area (Å²) in [5.74, 6) is -0.744. The van der Waals surface area contributed by atoms with Gasteiger partial charge in [0.25, 0.3) is 0 Å². The second kappa shape index (κ2) is 7.05. The molecule has 2 aromatic rings. The summed E-state index contributed by atoms with van der Waals surface area (Å²) in [6.07, 6.45) is -0.0329. The molecule has 1 atom stereocenters. The van der Waals surface area contributed by atoms with Crippen LogP contribution in [0.5, 0.6) is 0 Å². The first-order valence-electron chi connectivity index (χ1n) is 8.35. The Morgan fingerprint density at radius 1 is 1.16 bits per heavy atom. The van der Waals surface area contributed by atoms with Crippen molar-refractivity contribution in [3.8, 4) is 0 Å². The SMILES string of the molecule is Cc1ccc(N2CC(C)N(C(=O)Cc3ccccc3F)CC2=O)cc1. The summed E-state index contributed by atoms with van der Waals surface area (Å²) in [4.78, 5) is 28.3. The van der Waals surface area contributed by atoms with E-state index in [2.05, 4.69) is 0 Å². The van der Waals surface area contributed by atoms with Gasteiger partial charge >= 0.3 is 0 Å². The molecule has 0 N–H and O–H groups in total. The number of amides is 2. The standard InChI is InChI=1S/C20H21FN2O2/c1-14-7-9-17(10-8-14)23-12-15(2)22(13-20(23)25)19(24)11-16-5-3-4-6-18(16)21/h3-10,15H,11-13H2,1-2H3. The third-order valence-electron chi connectivity index (χ3n) is 4.55. The van der Waals surface area contributed by atoms with Gasteiger partial charge in [-0.2, -0.15) is 0 Å². The summed E-state index contributed by atoms with van der Waals surface area (Å²) >= 11 is 0. The minimum absolute atomic E-state index is 0.0162. The van der Waals surface area contributed by atoms with Crippen molar-refractivity contribution in [2.75, 3.05) is 18.0 Å². The molecular formula is C20H21FN2O2. The molecule has 1 saturated heterocycles. The topological polar surface area (TPSA) is 40.6 Å². The Kier molecular flexibility index (Phi) is 4.83. The Morgan fingerprint density at radius 2 is 1.84 bits per heavy atom. The highest BCUT2D eigenvalue weighted by atomic mass is 19.1. The van der Waals surface area contributed by atoms with E-state index in [1.807, 2.05) is 38.1 Å². The molecule has 3 rings (SSSR count). The number of hydrogen-bond donors (Lipinski definition) is 0. The van der Waals surface area contributed by atoms with Crippen LogP contribution >= 0.6 is 0 Å². The number of halogens is 1. The number of rotatable bonds is 3. The van der Waals surface area contributed by atoms with Gasteiger partial charge in [-0.15, -0.1) is 0 Å². The van der Waals surface area contributed by atoms with Crippen LogP contribution in [0, 0.1) is 12.7 Å². The molecule has 1 unspecified atom stereocenters. The molecule has 130 valence electrons. The first kappa shape index (κ1) is 17.1. The Labute approximate surface area is 146 Å². The molecule has 1 heterocycles. The van der Waals surface area contributed by atoms with Crippen LogP contribution in [-0.4, -0.2) is 35.8 Å². The van der Waals surface area contributed by atoms with Crippen molar-refractivity contribution >= 4 is 17.5 Å². The summed E-state index contributed by atoms with van der Waals surface area (Å²) in [5, 5.41) is 0. The highest BCUT2D eigenvalue weighted by molar-refractivity contribution is 5.98. The zero-order valence-electron chi connectivity index (χ0n) is 14.4. The molecule has 1 fully saturated rings. The minimum atomic E-state index is -0.395. The maximum atomic E-state index is 13.8. The second-order valence-corrected chi connectivity index (χ2v) is 6.48. The molecule has 4 nitrogen and oxygen atoms in total. The molecule has 1 aliphatic rings. The lowest BCUT2D eigenvalue weighted by Gasteiger charge is -2.39. The van der Waals surface area contributed by atoms with Gasteiger partial charge in [-0.25, -0.2) is 4.39 Å². The Bertz CT molecular complexity index is 789. The van der Waals surface area contributed by atoms with Crippen molar-refractivity contribution in [1.82, 2.24) is 4.90 Å². The van der Waals surface area contributed by atoms with Gasteiger partial charge in [0.1, 0.15) is 12.4 Å². The lowest BCUT2D eigenvalue weighted by atomic mass is 10.1. The molecule has 1 aliphatic heterocycles. The smallest absolute Gasteiger partial charge is 0.246 e. The Morgan fingerprint density at radius 3 is 2.52 bits per heavy atom. The fraction of sp³-hybridized carbons (Fsp3) is 0.300. The van der Waals surface area contributed by atoms with Crippen molar-refractivity contribution in [3.05, 3.63) is 65.5 Å². The number of hydrogen-bond acceptors (Lipinski definition) is 2. The van der Waals surface area contributed by atoms with E-state index >= 15 is 0 Å². The third-order valence-corrected chi connectivity index (χ3v) is 4.55. The van der Waals surface area contributed by atoms with Crippen molar-refractivity contribution < 1.29 is 14.0 Å². The molecule has 0 saturated carbocycles. The maximum Gasteiger partial charge on any atom is 0.246 e. The molecule has 0 spiro atoms. The van der Waals surface area contributed by atoms with Crippen LogP contribution in [-0.2, 0) is 16.0 Å². The number of carbonyl (C=O) groups excluding carboxylic acids is 2. The second-order valence-electron chi connectivity index (χ2n) is 6.48. The molecule has 0 aliphatic carbocycles. The number of benzene rings is 2. The van der Waals surface area contributed by atoms with Gasteiger partial charge in [-0.3, -0.25) is 9.59 Å². The van der Waals surface area contributed by atoms with E-state index < -0.39 is 5.82 Å². The van der Waals surface area contributed by atoms with Crippen molar-refractivity contribution in [3.63, 3.8) is 0 Å². The fourth-order valence-electron chi connectivity index (χ4n) is 3.07. The van der Waals surface area contributed by atoms with E-state index in [9.17, 15) is 14.0 Å². The summed E-state index contributed by atoms with van der Waals surface area (Å²) in [6.45, 7) is 4.35.